The smallest absolute Gasteiger partial charge is 0.323 e. The van der Waals surface area contributed by atoms with Gasteiger partial charge in [0.05, 0.1) is 44.6 Å². The van der Waals surface area contributed by atoms with Crippen LogP contribution in [-0.4, -0.2) is 120 Å². The van der Waals surface area contributed by atoms with Gasteiger partial charge in [-0.15, -0.1) is 0 Å². The van der Waals surface area contributed by atoms with Crippen LogP contribution >= 0.6 is 0 Å². The Morgan fingerprint density at radius 3 is 2.04 bits per heavy atom. The molecular weight excluding hydrogens is 574 g/mol. The fourth-order valence-corrected chi connectivity index (χ4v) is 6.21. The molecule has 0 unspecified atom stereocenters. The zero-order valence-corrected chi connectivity index (χ0v) is 26.0. The number of hydrogen-bond acceptors (Lipinski definition) is 11. The standard InChI is InChI=1S/C32H43N9O4/c1-22-21-45-18-17-40(22)30-35-29(36-31(37-30)41-27(19-42)11-12-28(41)20-43)23-3-5-24(6-4-23)33-32(44)34-25-7-9-26(10-8-25)39-15-13-38(2)14-16-39/h3-10,22,27-28,42-43H,11-21H2,1-2H3,(H2,33,34,44)/t22-,27-,28+/m1/s1. The van der Waals surface area contributed by atoms with E-state index in [9.17, 15) is 15.0 Å². The van der Waals surface area contributed by atoms with Gasteiger partial charge in [-0.2, -0.15) is 15.0 Å². The van der Waals surface area contributed by atoms with Gasteiger partial charge in [0.25, 0.3) is 0 Å². The van der Waals surface area contributed by atoms with E-state index >= 15 is 0 Å². The van der Waals surface area contributed by atoms with Gasteiger partial charge in [0.2, 0.25) is 11.9 Å². The van der Waals surface area contributed by atoms with E-state index in [-0.39, 0.29) is 37.4 Å². The van der Waals surface area contributed by atoms with Gasteiger partial charge >= 0.3 is 6.03 Å². The van der Waals surface area contributed by atoms with Crippen LogP contribution in [0.25, 0.3) is 11.4 Å². The van der Waals surface area contributed by atoms with Crippen molar-refractivity contribution in [1.82, 2.24) is 19.9 Å². The largest absolute Gasteiger partial charge is 0.394 e. The average molecular weight is 618 g/mol. The first kappa shape index (κ1) is 31.0. The predicted molar refractivity (Wildman–Crippen MR) is 175 cm³/mol. The van der Waals surface area contributed by atoms with E-state index in [1.807, 2.05) is 53.4 Å². The second kappa shape index (κ2) is 13.9. The Kier molecular flexibility index (Phi) is 9.59. The van der Waals surface area contributed by atoms with Crippen LogP contribution in [-0.2, 0) is 4.74 Å². The summed E-state index contributed by atoms with van der Waals surface area (Å²) in [5.74, 6) is 1.45. The van der Waals surface area contributed by atoms with Crippen LogP contribution in [0.3, 0.4) is 0 Å². The number of morpholine rings is 1. The molecule has 3 saturated heterocycles. The molecule has 4 heterocycles. The van der Waals surface area contributed by atoms with E-state index in [0.717, 1.165) is 50.3 Å². The molecule has 13 nitrogen and oxygen atoms in total. The molecule has 0 aliphatic carbocycles. The van der Waals surface area contributed by atoms with Crippen molar-refractivity contribution in [3.63, 3.8) is 0 Å². The van der Waals surface area contributed by atoms with Gasteiger partial charge in [-0.3, -0.25) is 0 Å². The summed E-state index contributed by atoms with van der Waals surface area (Å²) in [6.07, 6.45) is 1.49. The highest BCUT2D eigenvalue weighted by Gasteiger charge is 2.36. The summed E-state index contributed by atoms with van der Waals surface area (Å²) in [4.78, 5) is 36.0. The fourth-order valence-electron chi connectivity index (χ4n) is 6.21. The van der Waals surface area contributed by atoms with Crippen molar-refractivity contribution in [2.75, 3.05) is 91.5 Å². The second-order valence-corrected chi connectivity index (χ2v) is 12.0. The van der Waals surface area contributed by atoms with Crippen LogP contribution < -0.4 is 25.3 Å². The maximum absolute atomic E-state index is 12.8. The average Bonchev–Trinajstić information content (AvgIpc) is 3.49. The molecule has 2 amide bonds. The molecule has 0 saturated carbocycles. The second-order valence-electron chi connectivity index (χ2n) is 12.0. The molecular formula is C32H43N9O4. The van der Waals surface area contributed by atoms with E-state index in [0.29, 0.717) is 48.9 Å². The monoisotopic (exact) mass is 617 g/mol. The highest BCUT2D eigenvalue weighted by atomic mass is 16.5. The fraction of sp³-hybridized carbons (Fsp3) is 0.500. The topological polar surface area (TPSA) is 142 Å². The van der Waals surface area contributed by atoms with Crippen molar-refractivity contribution in [2.45, 2.75) is 37.9 Å². The Bertz CT molecular complexity index is 1420. The van der Waals surface area contributed by atoms with Crippen LogP contribution in [0.2, 0.25) is 0 Å². The number of piperazine rings is 1. The predicted octanol–water partition coefficient (Wildman–Crippen LogP) is 2.48. The number of carbonyl (C=O) groups is 1. The lowest BCUT2D eigenvalue weighted by atomic mass is 10.2. The molecule has 240 valence electrons. The summed E-state index contributed by atoms with van der Waals surface area (Å²) in [6, 6.07) is 14.7. The molecule has 2 aromatic carbocycles. The van der Waals surface area contributed by atoms with Gasteiger partial charge in [-0.25, -0.2) is 4.79 Å². The number of nitrogens with one attached hydrogen (secondary N) is 2. The number of aliphatic hydroxyl groups excluding tert-OH is 2. The Morgan fingerprint density at radius 1 is 0.844 bits per heavy atom. The molecule has 0 spiro atoms. The third-order valence-electron chi connectivity index (χ3n) is 8.90. The van der Waals surface area contributed by atoms with Gasteiger partial charge < -0.3 is 45.2 Å². The Labute approximate surface area is 263 Å². The van der Waals surface area contributed by atoms with Gasteiger partial charge in [-0.1, -0.05) is 0 Å². The molecule has 13 heteroatoms. The maximum atomic E-state index is 12.8. The normalized spacial score (nSPS) is 22.5. The van der Waals surface area contributed by atoms with Crippen LogP contribution in [0.5, 0.6) is 0 Å². The summed E-state index contributed by atoms with van der Waals surface area (Å²) < 4.78 is 5.63. The summed E-state index contributed by atoms with van der Waals surface area (Å²) in [6.45, 7) is 7.81. The highest BCUT2D eigenvalue weighted by Crippen LogP contribution is 2.31. The minimum Gasteiger partial charge on any atom is -0.394 e. The number of anilines is 5. The van der Waals surface area contributed by atoms with Crippen molar-refractivity contribution in [3.8, 4) is 11.4 Å². The SMILES string of the molecule is C[C@@H]1COCCN1c1nc(-c2ccc(NC(=O)Nc3ccc(N4CCN(C)CC4)cc3)cc2)nc(N2[C@H](CO)CC[C@@H]2CO)n1. The Morgan fingerprint density at radius 2 is 1.44 bits per heavy atom. The molecule has 0 bridgehead atoms. The molecule has 3 atom stereocenters. The lowest BCUT2D eigenvalue weighted by molar-refractivity contribution is 0.0981. The van der Waals surface area contributed by atoms with E-state index in [2.05, 4.69) is 39.3 Å². The van der Waals surface area contributed by atoms with E-state index in [4.69, 9.17) is 19.7 Å². The van der Waals surface area contributed by atoms with Crippen LogP contribution in [0.15, 0.2) is 48.5 Å². The lowest BCUT2D eigenvalue weighted by Gasteiger charge is -2.34. The number of nitrogens with zero attached hydrogens (tertiary/aromatic N) is 7. The van der Waals surface area contributed by atoms with Crippen molar-refractivity contribution in [3.05, 3.63) is 48.5 Å². The summed E-state index contributed by atoms with van der Waals surface area (Å²) in [7, 11) is 2.14. The molecule has 3 fully saturated rings. The Hall–Kier alpha value is -4.04. The van der Waals surface area contributed by atoms with Crippen molar-refractivity contribution in [2.24, 2.45) is 0 Å². The quantitative estimate of drug-likeness (QED) is 0.296. The minimum absolute atomic E-state index is 0.0519. The molecule has 3 aliphatic heterocycles. The van der Waals surface area contributed by atoms with Crippen molar-refractivity contribution >= 4 is 35.0 Å². The molecule has 1 aromatic heterocycles. The number of likely N-dealkylation sites (N-methyl/N-ethyl adjacent to an activating group) is 1. The number of urea groups is 1. The maximum Gasteiger partial charge on any atom is 0.323 e. The Balaban J connectivity index is 1.17. The molecule has 6 rings (SSSR count). The number of aromatic nitrogens is 3. The molecule has 0 radical (unpaired) electrons. The van der Waals surface area contributed by atoms with Gasteiger partial charge in [-0.05, 0) is 75.3 Å². The van der Waals surface area contributed by atoms with Crippen LogP contribution in [0.1, 0.15) is 19.8 Å². The molecule has 3 aliphatic rings. The number of carbonyl (C=O) groups excluding carboxylic acids is 1. The first-order valence-corrected chi connectivity index (χ1v) is 15.7. The molecule has 45 heavy (non-hydrogen) atoms. The van der Waals surface area contributed by atoms with Crippen LogP contribution in [0, 0.1) is 0 Å². The van der Waals surface area contributed by atoms with Crippen LogP contribution in [0.4, 0.5) is 33.8 Å². The number of hydrogen-bond donors (Lipinski definition) is 4. The van der Waals surface area contributed by atoms with Crippen molar-refractivity contribution < 1.29 is 19.7 Å². The molecule has 3 aromatic rings. The molecule has 4 N–H and O–H groups in total. The first-order valence-electron chi connectivity index (χ1n) is 15.7. The van der Waals surface area contributed by atoms with Gasteiger partial charge in [0.15, 0.2) is 5.82 Å². The number of benzene rings is 2. The highest BCUT2D eigenvalue weighted by molar-refractivity contribution is 5.99. The van der Waals surface area contributed by atoms with E-state index in [1.54, 1.807) is 0 Å². The van der Waals surface area contributed by atoms with Gasteiger partial charge in [0, 0.05) is 55.3 Å². The zero-order valence-electron chi connectivity index (χ0n) is 26.0. The first-order chi connectivity index (χ1) is 21.9. The minimum atomic E-state index is -0.333. The third kappa shape index (κ3) is 7.12. The summed E-state index contributed by atoms with van der Waals surface area (Å²) >= 11 is 0. The number of ether oxygens (including phenoxy) is 1. The summed E-state index contributed by atoms with van der Waals surface area (Å²) in [5.41, 5.74) is 3.25. The van der Waals surface area contributed by atoms with Crippen molar-refractivity contribution in [1.29, 1.82) is 0 Å². The number of rotatable bonds is 8. The number of amides is 2. The number of aliphatic hydroxyl groups is 2. The zero-order chi connectivity index (χ0) is 31.3. The van der Waals surface area contributed by atoms with Gasteiger partial charge in [0.1, 0.15) is 0 Å². The van der Waals surface area contributed by atoms with E-state index in [1.165, 1.54) is 0 Å². The lowest BCUT2D eigenvalue weighted by Crippen LogP contribution is -2.45. The third-order valence-corrected chi connectivity index (χ3v) is 8.90. The van der Waals surface area contributed by atoms with E-state index < -0.39 is 0 Å². The summed E-state index contributed by atoms with van der Waals surface area (Å²) in [5, 5.41) is 25.9.